The van der Waals surface area contributed by atoms with Crippen LogP contribution in [0, 0.1) is 11.8 Å². The lowest BCUT2D eigenvalue weighted by Gasteiger charge is -2.28. The number of ether oxygens (including phenoxy) is 1. The van der Waals surface area contributed by atoms with Gasteiger partial charge in [-0.05, 0) is 63.9 Å². The van der Waals surface area contributed by atoms with Gasteiger partial charge in [0.2, 0.25) is 0 Å². The van der Waals surface area contributed by atoms with Gasteiger partial charge >= 0.3 is 6.09 Å². The van der Waals surface area contributed by atoms with Gasteiger partial charge in [-0.2, -0.15) is 0 Å². The van der Waals surface area contributed by atoms with Crippen LogP contribution in [-0.4, -0.2) is 24.3 Å². The Labute approximate surface area is 151 Å². The van der Waals surface area contributed by atoms with E-state index in [4.69, 9.17) is 4.74 Å². The van der Waals surface area contributed by atoms with E-state index in [1.165, 1.54) is 37.7 Å². The van der Waals surface area contributed by atoms with Gasteiger partial charge in [0.05, 0.1) is 0 Å². The van der Waals surface area contributed by atoms with Crippen LogP contribution in [0.15, 0.2) is 30.3 Å². The van der Waals surface area contributed by atoms with Crippen LogP contribution < -0.4 is 10.6 Å². The highest BCUT2D eigenvalue weighted by Gasteiger charge is 2.36. The number of hydrogen-bond donors (Lipinski definition) is 2. The van der Waals surface area contributed by atoms with Crippen molar-refractivity contribution in [2.45, 2.75) is 70.6 Å². The molecule has 0 heterocycles. The Morgan fingerprint density at radius 1 is 1.16 bits per heavy atom. The average molecular weight is 344 g/mol. The van der Waals surface area contributed by atoms with Crippen LogP contribution >= 0.6 is 0 Å². The minimum Gasteiger partial charge on any atom is -0.444 e. The summed E-state index contributed by atoms with van der Waals surface area (Å²) in [5, 5.41) is 6.89. The Bertz CT molecular complexity index is 563. The molecular formula is C21H32N2O2. The first-order valence-corrected chi connectivity index (χ1v) is 9.70. The number of carbonyl (C=O) groups excluding carboxylic acids is 1. The van der Waals surface area contributed by atoms with Crippen molar-refractivity contribution in [1.82, 2.24) is 10.6 Å². The second-order valence-corrected chi connectivity index (χ2v) is 8.57. The predicted molar refractivity (Wildman–Crippen MR) is 100 cm³/mol. The number of rotatable bonds is 6. The molecule has 2 aliphatic carbocycles. The van der Waals surface area contributed by atoms with Crippen LogP contribution in [0.3, 0.4) is 0 Å². The SMILES string of the molecule is CC(C)(C)OC(=O)NCC1CCCC1NC(c1ccccc1)C1CC1. The third-order valence-electron chi connectivity index (χ3n) is 5.21. The summed E-state index contributed by atoms with van der Waals surface area (Å²) >= 11 is 0. The van der Waals surface area contributed by atoms with Crippen molar-refractivity contribution < 1.29 is 9.53 Å². The summed E-state index contributed by atoms with van der Waals surface area (Å²) in [5.74, 6) is 1.25. The van der Waals surface area contributed by atoms with Crippen LogP contribution in [0.4, 0.5) is 4.79 Å². The second-order valence-electron chi connectivity index (χ2n) is 8.57. The highest BCUT2D eigenvalue weighted by Crippen LogP contribution is 2.42. The van der Waals surface area contributed by atoms with Crippen molar-refractivity contribution in [3.63, 3.8) is 0 Å². The van der Waals surface area contributed by atoms with Crippen molar-refractivity contribution in [2.24, 2.45) is 11.8 Å². The lowest BCUT2D eigenvalue weighted by molar-refractivity contribution is 0.0517. The van der Waals surface area contributed by atoms with E-state index in [1.807, 2.05) is 20.8 Å². The standard InChI is InChI=1S/C21H32N2O2/c1-21(2,3)25-20(24)22-14-17-10-7-11-18(17)23-19(16-12-13-16)15-8-5-4-6-9-15/h4-6,8-9,16-19,23H,7,10-14H2,1-3H3,(H,22,24). The van der Waals surface area contributed by atoms with Gasteiger partial charge in [-0.3, -0.25) is 0 Å². The van der Waals surface area contributed by atoms with E-state index in [2.05, 4.69) is 41.0 Å². The van der Waals surface area contributed by atoms with Gasteiger partial charge in [0.15, 0.2) is 0 Å². The van der Waals surface area contributed by atoms with Crippen LogP contribution in [0.1, 0.15) is 64.5 Å². The van der Waals surface area contributed by atoms with E-state index in [1.54, 1.807) is 0 Å². The smallest absolute Gasteiger partial charge is 0.407 e. The molecule has 4 heteroatoms. The number of amides is 1. The fourth-order valence-electron chi connectivity index (χ4n) is 3.85. The van der Waals surface area contributed by atoms with Gasteiger partial charge in [-0.1, -0.05) is 36.8 Å². The van der Waals surface area contributed by atoms with Gasteiger partial charge in [0.25, 0.3) is 0 Å². The summed E-state index contributed by atoms with van der Waals surface area (Å²) in [6.07, 6.45) is 5.92. The van der Waals surface area contributed by atoms with E-state index in [9.17, 15) is 4.79 Å². The average Bonchev–Trinajstić information content (AvgIpc) is 3.29. The van der Waals surface area contributed by atoms with Crippen LogP contribution in [-0.2, 0) is 4.74 Å². The molecular weight excluding hydrogens is 312 g/mol. The van der Waals surface area contributed by atoms with E-state index >= 15 is 0 Å². The number of nitrogens with one attached hydrogen (secondary N) is 2. The Hall–Kier alpha value is -1.55. The molecule has 25 heavy (non-hydrogen) atoms. The zero-order valence-electron chi connectivity index (χ0n) is 15.8. The van der Waals surface area contributed by atoms with Gasteiger partial charge in [-0.15, -0.1) is 0 Å². The first-order chi connectivity index (χ1) is 11.9. The molecule has 3 rings (SSSR count). The molecule has 0 aromatic heterocycles. The molecule has 0 saturated heterocycles. The molecule has 2 N–H and O–H groups in total. The summed E-state index contributed by atoms with van der Waals surface area (Å²) in [4.78, 5) is 11.9. The van der Waals surface area contributed by atoms with E-state index in [0.29, 0.717) is 24.5 Å². The Kier molecular flexibility index (Phi) is 5.67. The monoisotopic (exact) mass is 344 g/mol. The molecule has 0 radical (unpaired) electrons. The van der Waals surface area contributed by atoms with E-state index < -0.39 is 5.60 Å². The second kappa shape index (κ2) is 7.77. The maximum absolute atomic E-state index is 11.9. The molecule has 1 aromatic carbocycles. The first-order valence-electron chi connectivity index (χ1n) is 9.70. The lowest BCUT2D eigenvalue weighted by atomic mass is 9.97. The summed E-state index contributed by atoms with van der Waals surface area (Å²) in [5.41, 5.74) is 0.956. The maximum atomic E-state index is 11.9. The summed E-state index contributed by atoms with van der Waals surface area (Å²) in [6.45, 7) is 6.38. The maximum Gasteiger partial charge on any atom is 0.407 e. The number of hydrogen-bond acceptors (Lipinski definition) is 3. The minimum absolute atomic E-state index is 0.306. The van der Waals surface area contributed by atoms with Gasteiger partial charge in [0, 0.05) is 18.6 Å². The van der Waals surface area contributed by atoms with Crippen LogP contribution in [0.5, 0.6) is 0 Å². The van der Waals surface area contributed by atoms with Gasteiger partial charge in [-0.25, -0.2) is 4.79 Å². The Morgan fingerprint density at radius 2 is 1.88 bits per heavy atom. The van der Waals surface area contributed by atoms with Crippen molar-refractivity contribution in [3.8, 4) is 0 Å². The highest BCUT2D eigenvalue weighted by molar-refractivity contribution is 5.67. The van der Waals surface area contributed by atoms with Crippen molar-refractivity contribution >= 4 is 6.09 Å². The summed E-state index contributed by atoms with van der Waals surface area (Å²) in [7, 11) is 0. The quantitative estimate of drug-likeness (QED) is 0.803. The van der Waals surface area contributed by atoms with E-state index in [-0.39, 0.29) is 6.09 Å². The van der Waals surface area contributed by atoms with Crippen LogP contribution in [0.25, 0.3) is 0 Å². The predicted octanol–water partition coefficient (Wildman–Crippen LogP) is 4.42. The van der Waals surface area contributed by atoms with Crippen molar-refractivity contribution in [2.75, 3.05) is 6.54 Å². The van der Waals surface area contributed by atoms with Crippen LogP contribution in [0.2, 0.25) is 0 Å². The highest BCUT2D eigenvalue weighted by atomic mass is 16.6. The number of alkyl carbamates (subject to hydrolysis) is 1. The molecule has 138 valence electrons. The molecule has 2 saturated carbocycles. The Balaban J connectivity index is 1.55. The van der Waals surface area contributed by atoms with Gasteiger partial charge in [0.1, 0.15) is 5.60 Å². The van der Waals surface area contributed by atoms with E-state index in [0.717, 1.165) is 5.92 Å². The fourth-order valence-corrected chi connectivity index (χ4v) is 3.85. The molecule has 3 unspecified atom stereocenters. The number of benzene rings is 1. The molecule has 3 atom stereocenters. The molecule has 4 nitrogen and oxygen atoms in total. The summed E-state index contributed by atoms with van der Waals surface area (Å²) in [6, 6.07) is 11.7. The first kappa shape index (κ1) is 18.2. The zero-order chi connectivity index (χ0) is 17.9. The topological polar surface area (TPSA) is 50.4 Å². The molecule has 0 aliphatic heterocycles. The third kappa shape index (κ3) is 5.46. The summed E-state index contributed by atoms with van der Waals surface area (Å²) < 4.78 is 5.36. The molecule has 1 aromatic rings. The molecule has 0 spiro atoms. The molecule has 1 amide bonds. The van der Waals surface area contributed by atoms with Crippen molar-refractivity contribution in [3.05, 3.63) is 35.9 Å². The minimum atomic E-state index is -0.443. The molecule has 2 fully saturated rings. The third-order valence-corrected chi connectivity index (χ3v) is 5.21. The molecule has 2 aliphatic rings. The van der Waals surface area contributed by atoms with Crippen molar-refractivity contribution in [1.29, 1.82) is 0 Å². The molecule has 0 bridgehead atoms. The lowest BCUT2D eigenvalue weighted by Crippen LogP contribution is -2.42. The zero-order valence-corrected chi connectivity index (χ0v) is 15.8. The fraction of sp³-hybridized carbons (Fsp3) is 0.667. The Morgan fingerprint density at radius 3 is 2.52 bits per heavy atom. The normalized spacial score (nSPS) is 24.8. The van der Waals surface area contributed by atoms with Gasteiger partial charge < -0.3 is 15.4 Å². The largest absolute Gasteiger partial charge is 0.444 e. The number of carbonyl (C=O) groups is 1.